The smallest absolute Gasteiger partial charge is 0.307 e. The van der Waals surface area contributed by atoms with Crippen LogP contribution < -0.4 is 10.6 Å². The molecule has 3 aromatic rings. The molecule has 0 aliphatic heterocycles. The zero-order valence-corrected chi connectivity index (χ0v) is 27.9. The zero-order chi connectivity index (χ0) is 33.0. The maximum atomic E-state index is 13.7. The number of amides is 2. The molecule has 0 heterocycles. The fourth-order valence-corrected chi connectivity index (χ4v) is 5.43. The van der Waals surface area contributed by atoms with Crippen molar-refractivity contribution in [2.24, 2.45) is 11.8 Å². The Labute approximate surface area is 269 Å². The zero-order valence-electron chi connectivity index (χ0n) is 27.9. The standard InChI is InChI=1S/C38H50N2O5/c1-26(2)35(37(43)39-33(25-44-7)30-18-12-9-13-19-30)40-36(42)31(24-34(41)45-38(4,5)6)20-14-15-28-21-22-32(27(3)23-28)29-16-10-8-11-17-29/h8-13,16-19,21-23,26,31,33,35H,14-15,20,24-25H2,1-7H3,(H,39,43)(H,40,42)/t31-,33?,35+/m1/s1. The molecule has 3 aromatic carbocycles. The van der Waals surface area contributed by atoms with Gasteiger partial charge in [0.25, 0.3) is 0 Å². The Morgan fingerprint density at radius 1 is 0.844 bits per heavy atom. The number of carbonyl (C=O) groups is 3. The van der Waals surface area contributed by atoms with Crippen molar-refractivity contribution in [3.8, 4) is 11.1 Å². The van der Waals surface area contributed by atoms with Crippen LogP contribution in [0.4, 0.5) is 0 Å². The Kier molecular flexibility index (Phi) is 13.4. The molecule has 7 nitrogen and oxygen atoms in total. The van der Waals surface area contributed by atoms with Gasteiger partial charge in [-0.3, -0.25) is 14.4 Å². The topological polar surface area (TPSA) is 93.7 Å². The summed E-state index contributed by atoms with van der Waals surface area (Å²) in [5.41, 5.74) is 4.99. The van der Waals surface area contributed by atoms with Crippen LogP contribution in [-0.2, 0) is 30.3 Å². The number of ether oxygens (including phenoxy) is 2. The molecule has 3 atom stereocenters. The van der Waals surface area contributed by atoms with Crippen molar-refractivity contribution < 1.29 is 23.9 Å². The van der Waals surface area contributed by atoms with E-state index in [2.05, 4.69) is 47.9 Å². The first-order chi connectivity index (χ1) is 21.4. The Morgan fingerprint density at radius 3 is 2.07 bits per heavy atom. The summed E-state index contributed by atoms with van der Waals surface area (Å²) < 4.78 is 10.9. The molecule has 3 rings (SSSR count). The van der Waals surface area contributed by atoms with Gasteiger partial charge in [0.05, 0.1) is 19.1 Å². The van der Waals surface area contributed by atoms with Crippen LogP contribution in [0.1, 0.15) is 76.6 Å². The summed E-state index contributed by atoms with van der Waals surface area (Å²) in [7, 11) is 1.59. The number of hydrogen-bond acceptors (Lipinski definition) is 5. The van der Waals surface area contributed by atoms with E-state index in [1.54, 1.807) is 7.11 Å². The molecule has 7 heteroatoms. The minimum absolute atomic E-state index is 0.0577. The molecule has 0 aromatic heterocycles. The predicted molar refractivity (Wildman–Crippen MR) is 179 cm³/mol. The van der Waals surface area contributed by atoms with E-state index < -0.39 is 23.5 Å². The van der Waals surface area contributed by atoms with Crippen LogP contribution in [-0.4, -0.2) is 43.1 Å². The summed E-state index contributed by atoms with van der Waals surface area (Å²) >= 11 is 0. The first kappa shape index (κ1) is 35.5. The monoisotopic (exact) mass is 614 g/mol. The SMILES string of the molecule is COCC(NC(=O)[C@@H](NC(=O)[C@H](CCCc1ccc(-c2ccccc2)c(C)c1)CC(=O)OC(C)(C)C)C(C)C)c1ccccc1. The van der Waals surface area contributed by atoms with Crippen molar-refractivity contribution in [3.05, 3.63) is 95.6 Å². The van der Waals surface area contributed by atoms with Crippen molar-refractivity contribution in [1.82, 2.24) is 10.6 Å². The number of methoxy groups -OCH3 is 1. The molecule has 0 bridgehead atoms. The highest BCUT2D eigenvalue weighted by Crippen LogP contribution is 2.25. The van der Waals surface area contributed by atoms with E-state index in [1.807, 2.05) is 83.1 Å². The molecule has 0 saturated carbocycles. The third-order valence-electron chi connectivity index (χ3n) is 7.70. The molecule has 45 heavy (non-hydrogen) atoms. The van der Waals surface area contributed by atoms with Crippen LogP contribution in [0.3, 0.4) is 0 Å². The van der Waals surface area contributed by atoms with Crippen molar-refractivity contribution in [1.29, 1.82) is 0 Å². The van der Waals surface area contributed by atoms with Gasteiger partial charge in [0.2, 0.25) is 11.8 Å². The molecule has 0 spiro atoms. The van der Waals surface area contributed by atoms with Crippen LogP contribution in [0.25, 0.3) is 11.1 Å². The van der Waals surface area contributed by atoms with E-state index in [4.69, 9.17) is 9.47 Å². The van der Waals surface area contributed by atoms with Crippen molar-refractivity contribution >= 4 is 17.8 Å². The third-order valence-corrected chi connectivity index (χ3v) is 7.70. The average molecular weight is 615 g/mol. The molecule has 0 fully saturated rings. The van der Waals surface area contributed by atoms with Gasteiger partial charge in [-0.1, -0.05) is 92.7 Å². The van der Waals surface area contributed by atoms with Gasteiger partial charge in [-0.05, 0) is 80.7 Å². The number of carbonyl (C=O) groups excluding carboxylic acids is 3. The molecule has 1 unspecified atom stereocenters. The van der Waals surface area contributed by atoms with E-state index in [0.29, 0.717) is 19.4 Å². The highest BCUT2D eigenvalue weighted by Gasteiger charge is 2.31. The van der Waals surface area contributed by atoms with Gasteiger partial charge in [-0.25, -0.2) is 0 Å². The molecule has 2 amide bonds. The Balaban J connectivity index is 1.71. The fraction of sp³-hybridized carbons (Fsp3) is 0.447. The van der Waals surface area contributed by atoms with E-state index in [0.717, 1.165) is 12.0 Å². The van der Waals surface area contributed by atoms with E-state index in [9.17, 15) is 14.4 Å². The van der Waals surface area contributed by atoms with Crippen LogP contribution in [0.2, 0.25) is 0 Å². The van der Waals surface area contributed by atoms with E-state index in [-0.39, 0.29) is 30.2 Å². The number of esters is 1. The molecule has 0 aliphatic rings. The highest BCUT2D eigenvalue weighted by molar-refractivity contribution is 5.90. The molecule has 0 radical (unpaired) electrons. The van der Waals surface area contributed by atoms with Crippen LogP contribution >= 0.6 is 0 Å². The molecular formula is C38H50N2O5. The summed E-state index contributed by atoms with van der Waals surface area (Å²) in [4.78, 5) is 40.1. The second kappa shape index (κ2) is 16.9. The maximum absolute atomic E-state index is 13.7. The van der Waals surface area contributed by atoms with Crippen LogP contribution in [0.15, 0.2) is 78.9 Å². The predicted octanol–water partition coefficient (Wildman–Crippen LogP) is 6.98. The Morgan fingerprint density at radius 2 is 1.49 bits per heavy atom. The largest absolute Gasteiger partial charge is 0.460 e. The summed E-state index contributed by atoms with van der Waals surface area (Å²) in [5, 5.41) is 6.02. The average Bonchev–Trinajstić information content (AvgIpc) is 2.99. The first-order valence-corrected chi connectivity index (χ1v) is 15.9. The fourth-order valence-electron chi connectivity index (χ4n) is 5.43. The molecule has 0 saturated heterocycles. The summed E-state index contributed by atoms with van der Waals surface area (Å²) in [6.07, 6.45) is 1.89. The molecule has 2 N–H and O–H groups in total. The second-order valence-corrected chi connectivity index (χ2v) is 13.1. The number of nitrogens with one attached hydrogen (secondary N) is 2. The summed E-state index contributed by atoms with van der Waals surface area (Å²) in [5.74, 6) is -1.87. The number of hydrogen-bond donors (Lipinski definition) is 2. The van der Waals surface area contributed by atoms with Gasteiger partial charge in [-0.2, -0.15) is 0 Å². The van der Waals surface area contributed by atoms with Crippen molar-refractivity contribution in [2.75, 3.05) is 13.7 Å². The van der Waals surface area contributed by atoms with Gasteiger partial charge in [-0.15, -0.1) is 0 Å². The maximum Gasteiger partial charge on any atom is 0.307 e. The number of benzene rings is 3. The molecule has 242 valence electrons. The highest BCUT2D eigenvalue weighted by atomic mass is 16.6. The van der Waals surface area contributed by atoms with Crippen LogP contribution in [0, 0.1) is 18.8 Å². The lowest BCUT2D eigenvalue weighted by Gasteiger charge is -2.27. The molecular weight excluding hydrogens is 564 g/mol. The van der Waals surface area contributed by atoms with Gasteiger partial charge < -0.3 is 20.1 Å². The van der Waals surface area contributed by atoms with E-state index >= 15 is 0 Å². The van der Waals surface area contributed by atoms with Crippen molar-refractivity contribution in [2.45, 2.75) is 84.9 Å². The van der Waals surface area contributed by atoms with Crippen molar-refractivity contribution in [3.63, 3.8) is 0 Å². The van der Waals surface area contributed by atoms with Gasteiger partial charge in [0.15, 0.2) is 0 Å². The third kappa shape index (κ3) is 11.5. The minimum atomic E-state index is -0.783. The summed E-state index contributed by atoms with van der Waals surface area (Å²) in [6, 6.07) is 25.2. The van der Waals surface area contributed by atoms with E-state index in [1.165, 1.54) is 22.3 Å². The second-order valence-electron chi connectivity index (χ2n) is 13.1. The quantitative estimate of drug-likeness (QED) is 0.180. The van der Waals surface area contributed by atoms with Crippen LogP contribution in [0.5, 0.6) is 0 Å². The number of aryl methyl sites for hydroxylation is 2. The minimum Gasteiger partial charge on any atom is -0.460 e. The Hall–Kier alpha value is -3.97. The number of rotatable bonds is 15. The van der Waals surface area contributed by atoms with Gasteiger partial charge in [0.1, 0.15) is 11.6 Å². The normalized spacial score (nSPS) is 13.5. The summed E-state index contributed by atoms with van der Waals surface area (Å²) in [6.45, 7) is 11.6. The molecule has 0 aliphatic carbocycles. The van der Waals surface area contributed by atoms with Gasteiger partial charge in [0, 0.05) is 13.0 Å². The van der Waals surface area contributed by atoms with Gasteiger partial charge >= 0.3 is 5.97 Å². The first-order valence-electron chi connectivity index (χ1n) is 15.9. The lowest BCUT2D eigenvalue weighted by Crippen LogP contribution is -2.52. The Bertz CT molecular complexity index is 1380. The lowest BCUT2D eigenvalue weighted by molar-refractivity contribution is -0.157. The lowest BCUT2D eigenvalue weighted by atomic mass is 9.92.